The monoisotopic (exact) mass is 286 g/mol. The van der Waals surface area contributed by atoms with Crippen LogP contribution in [0.15, 0.2) is 12.1 Å². The number of anilines is 1. The zero-order chi connectivity index (χ0) is 14.1. The van der Waals surface area contributed by atoms with Gasteiger partial charge in [0.15, 0.2) is 0 Å². The van der Waals surface area contributed by atoms with Crippen LogP contribution in [0.5, 0.6) is 5.75 Å². The second-order valence-electron chi connectivity index (χ2n) is 5.74. The van der Waals surface area contributed by atoms with Gasteiger partial charge in [0.25, 0.3) is 0 Å². The predicted octanol–water partition coefficient (Wildman–Crippen LogP) is 2.74. The fraction of sp³-hybridized carbons (Fsp3) is 0.500. The van der Waals surface area contributed by atoms with E-state index in [1.54, 1.807) is 19.1 Å². The molecule has 1 rings (SSSR count). The summed E-state index contributed by atoms with van der Waals surface area (Å²) in [5.41, 5.74) is 7.62. The third kappa shape index (κ3) is 4.11. The smallest absolute Gasteiger partial charge is 0.241 e. The van der Waals surface area contributed by atoms with Crippen molar-refractivity contribution in [2.75, 3.05) is 5.32 Å². The Morgan fingerprint density at radius 2 is 1.84 bits per heavy atom. The van der Waals surface area contributed by atoms with E-state index in [9.17, 15) is 9.90 Å². The molecule has 108 valence electrons. The van der Waals surface area contributed by atoms with Gasteiger partial charge < -0.3 is 16.2 Å². The summed E-state index contributed by atoms with van der Waals surface area (Å²) in [5.74, 6) is -0.0361. The summed E-state index contributed by atoms with van der Waals surface area (Å²) in [6, 6.07) is 2.94. The van der Waals surface area contributed by atoms with Crippen molar-refractivity contribution < 1.29 is 9.90 Å². The SMILES string of the molecule is Cc1ccc(NC(=O)[C@@H](N)C(C)(C)C)c(C)c1O.Cl. The molecular weight excluding hydrogens is 264 g/mol. The van der Waals surface area contributed by atoms with Gasteiger partial charge in [0.1, 0.15) is 5.75 Å². The molecule has 1 amide bonds. The zero-order valence-electron chi connectivity index (χ0n) is 12.1. The van der Waals surface area contributed by atoms with Gasteiger partial charge in [0, 0.05) is 11.3 Å². The van der Waals surface area contributed by atoms with Crippen molar-refractivity contribution in [3.63, 3.8) is 0 Å². The van der Waals surface area contributed by atoms with Crippen LogP contribution in [0.4, 0.5) is 5.69 Å². The summed E-state index contributed by atoms with van der Waals surface area (Å²) in [4.78, 5) is 12.0. The molecule has 0 saturated heterocycles. The molecule has 19 heavy (non-hydrogen) atoms. The number of halogens is 1. The minimum Gasteiger partial charge on any atom is -0.507 e. The number of nitrogens with two attached hydrogens (primary N) is 1. The number of hydrogen-bond acceptors (Lipinski definition) is 3. The lowest BCUT2D eigenvalue weighted by atomic mass is 9.87. The number of aromatic hydroxyl groups is 1. The predicted molar refractivity (Wildman–Crippen MR) is 80.9 cm³/mol. The van der Waals surface area contributed by atoms with E-state index in [4.69, 9.17) is 5.73 Å². The molecule has 0 aliphatic rings. The van der Waals surface area contributed by atoms with E-state index in [1.807, 2.05) is 27.7 Å². The van der Waals surface area contributed by atoms with Crippen LogP contribution in [-0.2, 0) is 4.79 Å². The maximum atomic E-state index is 12.0. The zero-order valence-corrected chi connectivity index (χ0v) is 12.9. The first kappa shape index (κ1) is 17.7. The lowest BCUT2D eigenvalue weighted by Gasteiger charge is -2.26. The van der Waals surface area contributed by atoms with Crippen LogP contribution >= 0.6 is 12.4 Å². The standard InChI is InChI=1S/C14H22N2O2.ClH/c1-8-6-7-10(9(2)11(8)17)16-13(18)12(15)14(3,4)5;/h6-7,12,17H,15H2,1-5H3,(H,16,18);1H/t12-;/m1./s1. The fourth-order valence-corrected chi connectivity index (χ4v) is 1.57. The minimum absolute atomic E-state index is 0. The first-order valence-corrected chi connectivity index (χ1v) is 6.00. The first-order chi connectivity index (χ1) is 8.14. The van der Waals surface area contributed by atoms with Crippen molar-refractivity contribution >= 4 is 24.0 Å². The van der Waals surface area contributed by atoms with E-state index < -0.39 is 6.04 Å². The summed E-state index contributed by atoms with van der Waals surface area (Å²) in [6.07, 6.45) is 0. The van der Waals surface area contributed by atoms with Crippen LogP contribution in [0.2, 0.25) is 0 Å². The van der Waals surface area contributed by atoms with Crippen molar-refractivity contribution in [1.29, 1.82) is 0 Å². The van der Waals surface area contributed by atoms with Gasteiger partial charge in [-0.25, -0.2) is 0 Å². The highest BCUT2D eigenvalue weighted by Gasteiger charge is 2.27. The lowest BCUT2D eigenvalue weighted by molar-refractivity contribution is -0.119. The van der Waals surface area contributed by atoms with E-state index in [-0.39, 0.29) is 29.5 Å². The largest absolute Gasteiger partial charge is 0.507 e. The molecule has 0 spiro atoms. The molecule has 4 nitrogen and oxygen atoms in total. The fourth-order valence-electron chi connectivity index (χ4n) is 1.57. The molecule has 1 aromatic carbocycles. The summed E-state index contributed by atoms with van der Waals surface area (Å²) in [7, 11) is 0. The second-order valence-corrected chi connectivity index (χ2v) is 5.74. The molecule has 0 aromatic heterocycles. The van der Waals surface area contributed by atoms with Crippen LogP contribution in [0.25, 0.3) is 0 Å². The summed E-state index contributed by atoms with van der Waals surface area (Å²) in [6.45, 7) is 9.32. The maximum absolute atomic E-state index is 12.0. The number of aryl methyl sites for hydroxylation is 1. The van der Waals surface area contributed by atoms with Gasteiger partial charge in [-0.1, -0.05) is 26.8 Å². The normalized spacial score (nSPS) is 12.5. The van der Waals surface area contributed by atoms with Crippen molar-refractivity contribution in [3.8, 4) is 5.75 Å². The summed E-state index contributed by atoms with van der Waals surface area (Å²) < 4.78 is 0. The topological polar surface area (TPSA) is 75.4 Å². The van der Waals surface area contributed by atoms with Crippen molar-refractivity contribution in [2.24, 2.45) is 11.1 Å². The first-order valence-electron chi connectivity index (χ1n) is 6.00. The third-order valence-corrected chi connectivity index (χ3v) is 3.11. The quantitative estimate of drug-likeness (QED) is 0.782. The van der Waals surface area contributed by atoms with Gasteiger partial charge in [-0.15, -0.1) is 12.4 Å². The molecule has 0 bridgehead atoms. The maximum Gasteiger partial charge on any atom is 0.241 e. The molecule has 0 saturated carbocycles. The van der Waals surface area contributed by atoms with Crippen LogP contribution < -0.4 is 11.1 Å². The number of hydrogen-bond donors (Lipinski definition) is 3. The van der Waals surface area contributed by atoms with Crippen molar-refractivity contribution in [3.05, 3.63) is 23.3 Å². The van der Waals surface area contributed by atoms with Gasteiger partial charge in [-0.05, 0) is 30.9 Å². The Morgan fingerprint density at radius 3 is 2.32 bits per heavy atom. The van der Waals surface area contributed by atoms with Gasteiger partial charge in [0.05, 0.1) is 6.04 Å². The van der Waals surface area contributed by atoms with E-state index in [2.05, 4.69) is 5.32 Å². The Balaban J connectivity index is 0.00000324. The lowest BCUT2D eigenvalue weighted by Crippen LogP contribution is -2.45. The van der Waals surface area contributed by atoms with Crippen molar-refractivity contribution in [1.82, 2.24) is 0 Å². The van der Waals surface area contributed by atoms with Crippen LogP contribution in [-0.4, -0.2) is 17.1 Å². The van der Waals surface area contributed by atoms with Crippen LogP contribution in [0, 0.1) is 19.3 Å². The number of carbonyl (C=O) groups excluding carboxylic acids is 1. The Bertz CT molecular complexity index is 467. The molecule has 0 aliphatic carbocycles. The van der Waals surface area contributed by atoms with Crippen molar-refractivity contribution in [2.45, 2.75) is 40.7 Å². The molecular formula is C14H23ClN2O2. The highest BCUT2D eigenvalue weighted by atomic mass is 35.5. The van der Waals surface area contributed by atoms with Crippen LogP contribution in [0.3, 0.4) is 0 Å². The van der Waals surface area contributed by atoms with Gasteiger partial charge in [-0.2, -0.15) is 0 Å². The number of rotatable bonds is 2. The molecule has 1 aromatic rings. The molecule has 0 aliphatic heterocycles. The molecule has 4 N–H and O–H groups in total. The molecule has 5 heteroatoms. The van der Waals surface area contributed by atoms with E-state index in [0.717, 1.165) is 5.56 Å². The summed E-state index contributed by atoms with van der Waals surface area (Å²) >= 11 is 0. The molecule has 1 atom stereocenters. The Morgan fingerprint density at radius 1 is 1.32 bits per heavy atom. The Kier molecular flexibility index (Phi) is 5.84. The third-order valence-electron chi connectivity index (χ3n) is 3.11. The number of phenolic OH excluding ortho intramolecular Hbond substituents is 1. The molecule has 0 heterocycles. The van der Waals surface area contributed by atoms with Gasteiger partial charge in [-0.3, -0.25) is 4.79 Å². The van der Waals surface area contributed by atoms with Gasteiger partial charge in [0.2, 0.25) is 5.91 Å². The minimum atomic E-state index is -0.597. The Hall–Kier alpha value is -1.26. The van der Waals surface area contributed by atoms with E-state index in [1.165, 1.54) is 0 Å². The number of phenols is 1. The highest BCUT2D eigenvalue weighted by molar-refractivity contribution is 5.96. The number of amides is 1. The molecule has 0 radical (unpaired) electrons. The number of carbonyl (C=O) groups is 1. The van der Waals surface area contributed by atoms with E-state index >= 15 is 0 Å². The number of benzene rings is 1. The average molecular weight is 287 g/mol. The highest BCUT2D eigenvalue weighted by Crippen LogP contribution is 2.28. The van der Waals surface area contributed by atoms with Crippen LogP contribution in [0.1, 0.15) is 31.9 Å². The van der Waals surface area contributed by atoms with Gasteiger partial charge >= 0.3 is 0 Å². The van der Waals surface area contributed by atoms with E-state index in [0.29, 0.717) is 11.3 Å². The molecule has 0 unspecified atom stereocenters. The Labute approximate surface area is 120 Å². The molecule has 0 fully saturated rings. The summed E-state index contributed by atoms with van der Waals surface area (Å²) in [5, 5.41) is 12.6. The second kappa shape index (κ2) is 6.26. The average Bonchev–Trinajstić information content (AvgIpc) is 2.27. The number of nitrogens with one attached hydrogen (secondary N) is 1.